The Kier molecular flexibility index (Phi) is 3.60. The van der Waals surface area contributed by atoms with Gasteiger partial charge in [0.25, 0.3) is 0 Å². The Labute approximate surface area is 170 Å². The number of imidazole rings is 1. The first-order chi connectivity index (χ1) is 14.9. The summed E-state index contributed by atoms with van der Waals surface area (Å²) >= 11 is 0. The number of H-pyrrole nitrogens is 2. The highest BCUT2D eigenvalue weighted by molar-refractivity contribution is 5.94. The molecule has 0 aliphatic heterocycles. The molecule has 6 aromatic heterocycles. The summed E-state index contributed by atoms with van der Waals surface area (Å²) in [6, 6.07) is 13.5. The molecule has 0 saturated heterocycles. The normalized spacial score (nSPS) is 11.3. The molecule has 0 radical (unpaired) electrons. The van der Waals surface area contributed by atoms with Gasteiger partial charge in [0.1, 0.15) is 11.0 Å². The largest absolute Gasteiger partial charge is 0.336 e. The number of aromatic amines is 2. The van der Waals surface area contributed by atoms with E-state index >= 15 is 0 Å². The van der Waals surface area contributed by atoms with Crippen molar-refractivity contribution in [3.05, 3.63) is 73.4 Å². The van der Waals surface area contributed by atoms with Gasteiger partial charge in [-0.05, 0) is 42.5 Å². The molecule has 0 atom stereocenters. The highest BCUT2D eigenvalue weighted by Crippen LogP contribution is 2.30. The van der Waals surface area contributed by atoms with Crippen LogP contribution in [0.1, 0.15) is 0 Å². The summed E-state index contributed by atoms with van der Waals surface area (Å²) in [7, 11) is 0. The van der Waals surface area contributed by atoms with E-state index in [2.05, 4.69) is 30.1 Å². The number of pyridine rings is 4. The van der Waals surface area contributed by atoms with Gasteiger partial charge in [0, 0.05) is 42.1 Å². The molecular weight excluding hydrogens is 376 g/mol. The maximum atomic E-state index is 4.83. The Hall–Kier alpha value is -4.46. The van der Waals surface area contributed by atoms with Crippen molar-refractivity contribution in [3.8, 4) is 34.0 Å². The number of nitrogens with one attached hydrogen (secondary N) is 2. The molecule has 0 spiro atoms. The van der Waals surface area contributed by atoms with E-state index in [9.17, 15) is 0 Å². The van der Waals surface area contributed by atoms with Crippen LogP contribution >= 0.6 is 0 Å². The van der Waals surface area contributed by atoms with Gasteiger partial charge >= 0.3 is 0 Å². The van der Waals surface area contributed by atoms with Crippen LogP contribution in [0.3, 0.4) is 0 Å². The molecule has 6 heterocycles. The number of rotatable bonds is 3. The summed E-state index contributed by atoms with van der Waals surface area (Å²) in [5, 5.41) is 7.52. The van der Waals surface area contributed by atoms with Gasteiger partial charge in [0.05, 0.1) is 22.4 Å². The van der Waals surface area contributed by atoms with Crippen LogP contribution in [-0.2, 0) is 0 Å². The van der Waals surface area contributed by atoms with E-state index in [4.69, 9.17) is 9.97 Å². The molecule has 2 N–H and O–H groups in total. The molecule has 0 saturated carbocycles. The summed E-state index contributed by atoms with van der Waals surface area (Å²) in [6.45, 7) is 0. The number of fused-ring (bicyclic) bond motifs is 2. The second kappa shape index (κ2) is 6.56. The molecule has 0 unspecified atom stereocenters. The van der Waals surface area contributed by atoms with E-state index in [0.717, 1.165) is 44.6 Å². The molecule has 0 aromatic carbocycles. The van der Waals surface area contributed by atoms with Gasteiger partial charge in [-0.3, -0.25) is 20.1 Å². The summed E-state index contributed by atoms with van der Waals surface area (Å²) in [5.41, 5.74) is 7.51. The second-order valence-electron chi connectivity index (χ2n) is 6.78. The molecule has 6 rings (SSSR count). The minimum Gasteiger partial charge on any atom is -0.336 e. The molecular formula is C22H14N8. The van der Waals surface area contributed by atoms with Crippen LogP contribution < -0.4 is 0 Å². The first kappa shape index (κ1) is 16.5. The van der Waals surface area contributed by atoms with Gasteiger partial charge in [-0.25, -0.2) is 9.97 Å². The van der Waals surface area contributed by atoms with Crippen LogP contribution in [0, 0.1) is 0 Å². The molecule has 30 heavy (non-hydrogen) atoms. The van der Waals surface area contributed by atoms with E-state index in [-0.39, 0.29) is 0 Å². The number of aromatic nitrogens is 8. The fourth-order valence-corrected chi connectivity index (χ4v) is 3.52. The quantitative estimate of drug-likeness (QED) is 0.472. The minimum atomic E-state index is 0.638. The Morgan fingerprint density at radius 1 is 0.600 bits per heavy atom. The van der Waals surface area contributed by atoms with Crippen LogP contribution in [-0.4, -0.2) is 40.1 Å². The zero-order valence-corrected chi connectivity index (χ0v) is 15.6. The van der Waals surface area contributed by atoms with E-state index < -0.39 is 0 Å². The smallest absolute Gasteiger partial charge is 0.161 e. The Morgan fingerprint density at radius 2 is 1.33 bits per heavy atom. The van der Waals surface area contributed by atoms with Crippen LogP contribution in [0.4, 0.5) is 0 Å². The SMILES string of the molecule is c1cc(-c2ccc3[nH]nc(-c4nc5c(-c6ccncc6)nccc5[nH]4)c3n2)ccn1. The van der Waals surface area contributed by atoms with Gasteiger partial charge < -0.3 is 4.98 Å². The molecule has 6 aromatic rings. The predicted octanol–water partition coefficient (Wildman–Crippen LogP) is 4.02. The van der Waals surface area contributed by atoms with Crippen molar-refractivity contribution in [2.45, 2.75) is 0 Å². The average Bonchev–Trinajstić information content (AvgIpc) is 3.43. The van der Waals surface area contributed by atoms with Crippen LogP contribution in [0.2, 0.25) is 0 Å². The summed E-state index contributed by atoms with van der Waals surface area (Å²) in [6.07, 6.45) is 8.77. The Morgan fingerprint density at radius 3 is 2.13 bits per heavy atom. The first-order valence-electron chi connectivity index (χ1n) is 9.38. The summed E-state index contributed by atoms with van der Waals surface area (Å²) < 4.78 is 0. The highest BCUT2D eigenvalue weighted by Gasteiger charge is 2.17. The minimum absolute atomic E-state index is 0.638. The molecule has 0 fully saturated rings. The van der Waals surface area contributed by atoms with Crippen molar-refractivity contribution in [1.82, 2.24) is 40.1 Å². The Balaban J connectivity index is 1.52. The second-order valence-corrected chi connectivity index (χ2v) is 6.78. The van der Waals surface area contributed by atoms with Crippen LogP contribution in [0.15, 0.2) is 73.4 Å². The Bertz CT molecular complexity index is 1490. The third-order valence-corrected chi connectivity index (χ3v) is 4.96. The molecule has 8 heteroatoms. The maximum absolute atomic E-state index is 4.83. The van der Waals surface area contributed by atoms with Crippen molar-refractivity contribution >= 4 is 22.1 Å². The number of hydrogen-bond donors (Lipinski definition) is 2. The van der Waals surface area contributed by atoms with Crippen LogP contribution in [0.5, 0.6) is 0 Å². The monoisotopic (exact) mass is 390 g/mol. The van der Waals surface area contributed by atoms with Crippen molar-refractivity contribution in [2.75, 3.05) is 0 Å². The average molecular weight is 390 g/mol. The highest BCUT2D eigenvalue weighted by atomic mass is 15.1. The van der Waals surface area contributed by atoms with Crippen molar-refractivity contribution in [3.63, 3.8) is 0 Å². The van der Waals surface area contributed by atoms with E-state index in [0.29, 0.717) is 11.5 Å². The fourth-order valence-electron chi connectivity index (χ4n) is 3.52. The van der Waals surface area contributed by atoms with E-state index in [1.807, 2.05) is 42.5 Å². The molecule has 0 aliphatic carbocycles. The lowest BCUT2D eigenvalue weighted by Crippen LogP contribution is -1.87. The van der Waals surface area contributed by atoms with Crippen molar-refractivity contribution in [1.29, 1.82) is 0 Å². The summed E-state index contributed by atoms with van der Waals surface area (Å²) in [4.78, 5) is 25.7. The number of nitrogens with zero attached hydrogens (tertiary/aromatic N) is 6. The standard InChI is InChI=1S/C22H14N8/c1-2-17-20(26-15(1)13-3-8-23-9-4-13)21(30-29-17)22-27-16-7-12-25-18(19(16)28-22)14-5-10-24-11-6-14/h1-12H,(H,27,28)(H,29,30). The predicted molar refractivity (Wildman–Crippen MR) is 113 cm³/mol. The topological polar surface area (TPSA) is 109 Å². The molecule has 0 amide bonds. The lowest BCUT2D eigenvalue weighted by atomic mass is 10.1. The lowest BCUT2D eigenvalue weighted by molar-refractivity contribution is 1.10. The van der Waals surface area contributed by atoms with Gasteiger partial charge in [-0.2, -0.15) is 5.10 Å². The van der Waals surface area contributed by atoms with Crippen molar-refractivity contribution in [2.24, 2.45) is 0 Å². The third-order valence-electron chi connectivity index (χ3n) is 4.96. The zero-order valence-electron chi connectivity index (χ0n) is 15.6. The zero-order chi connectivity index (χ0) is 19.9. The third kappa shape index (κ3) is 2.62. The van der Waals surface area contributed by atoms with Gasteiger partial charge in [0.15, 0.2) is 11.5 Å². The first-order valence-corrected chi connectivity index (χ1v) is 9.38. The van der Waals surface area contributed by atoms with Gasteiger partial charge in [-0.1, -0.05) is 0 Å². The van der Waals surface area contributed by atoms with E-state index in [1.165, 1.54) is 0 Å². The summed E-state index contributed by atoms with van der Waals surface area (Å²) in [5.74, 6) is 0.638. The molecule has 8 nitrogen and oxygen atoms in total. The number of hydrogen-bond acceptors (Lipinski definition) is 6. The van der Waals surface area contributed by atoms with E-state index in [1.54, 1.807) is 31.0 Å². The van der Waals surface area contributed by atoms with Gasteiger partial charge in [-0.15, -0.1) is 0 Å². The molecule has 142 valence electrons. The van der Waals surface area contributed by atoms with Crippen LogP contribution in [0.25, 0.3) is 56.1 Å². The van der Waals surface area contributed by atoms with Gasteiger partial charge in [0.2, 0.25) is 0 Å². The molecule has 0 bridgehead atoms. The fraction of sp³-hybridized carbons (Fsp3) is 0. The molecule has 0 aliphatic rings. The lowest BCUT2D eigenvalue weighted by Gasteiger charge is -2.00. The van der Waals surface area contributed by atoms with Crippen molar-refractivity contribution < 1.29 is 0 Å². The maximum Gasteiger partial charge on any atom is 0.161 e.